The van der Waals surface area contributed by atoms with Crippen molar-refractivity contribution < 1.29 is 70.3 Å². The van der Waals surface area contributed by atoms with E-state index in [9.17, 15) is 36.5 Å². The van der Waals surface area contributed by atoms with Crippen LogP contribution in [0.25, 0.3) is 11.1 Å². The molecule has 0 radical (unpaired) electrons. The summed E-state index contributed by atoms with van der Waals surface area (Å²) in [6.45, 7) is 18.7. The fourth-order valence-corrected chi connectivity index (χ4v) is 17.2. The average molecular weight is 1260 g/mol. The SMILES string of the molecule is [2H]C[C@@H]1C[C@@H](OC(=O)CCC(=O)OP(F)P)CN1C(=O)CCCCCOP(=O)(OCCCCNC(=O)C(F)(F)F)c1cc(Cl)c2c(c1)C1(OC2=O)c2cc3c4c(c2C(C)(C)c2c1cc1c5c2CCCN5C(C)(C)C=C1C)CCCN4C(C)(C)C=C3C. The fourth-order valence-electron chi connectivity index (χ4n) is 14.5. The summed E-state index contributed by atoms with van der Waals surface area (Å²) in [5.74, 6) is -4.59. The second-order valence-electron chi connectivity index (χ2n) is 25.1. The molecular formula is C62H76ClF4N4O11P3. The van der Waals surface area contributed by atoms with Gasteiger partial charge in [-0.15, -0.1) is 0 Å². The van der Waals surface area contributed by atoms with Crippen molar-refractivity contribution in [2.24, 2.45) is 0 Å². The molecule has 2 amide bonds. The van der Waals surface area contributed by atoms with Crippen LogP contribution in [0, 0.1) is 0 Å². The van der Waals surface area contributed by atoms with Gasteiger partial charge < -0.3 is 43.1 Å². The number of esters is 2. The molecule has 3 aromatic carbocycles. The predicted octanol–water partition coefficient (Wildman–Crippen LogP) is 13.1. The molecule has 1 fully saturated rings. The first kappa shape index (κ1) is 61.7. The Morgan fingerprint density at radius 3 is 1.94 bits per heavy atom. The molecule has 0 saturated carbocycles. The number of allylic oxidation sites excluding steroid dienone is 2. The minimum Gasteiger partial charge on any atom is -0.460 e. The van der Waals surface area contributed by atoms with Crippen LogP contribution in [0.4, 0.5) is 28.7 Å². The maximum absolute atomic E-state index is 15.8. The quantitative estimate of drug-likeness (QED) is 0.0521. The number of anilines is 2. The zero-order valence-corrected chi connectivity index (χ0v) is 53.2. The van der Waals surface area contributed by atoms with Gasteiger partial charge in [-0.25, -0.2) is 4.79 Å². The van der Waals surface area contributed by atoms with Gasteiger partial charge in [-0.3, -0.25) is 23.7 Å². The molecule has 3 unspecified atom stereocenters. The van der Waals surface area contributed by atoms with Gasteiger partial charge >= 0.3 is 37.6 Å². The normalized spacial score (nSPS) is 21.9. The molecule has 1 N–H and O–H groups in total. The van der Waals surface area contributed by atoms with E-state index in [0.717, 1.165) is 83.3 Å². The first-order valence-electron chi connectivity index (χ1n) is 30.0. The van der Waals surface area contributed by atoms with E-state index in [1.54, 1.807) is 15.0 Å². The standard InChI is InChI=1S/C62H76ClF4N4O11P3/c1-35-32-58(4,5)70-23-15-17-40-52-45(30-42(35)54(40)70)61(46-31-43-36(2)33-59(6,7)71-24-16-18-41(55(43)71)53(46)60(52,8)9)44-28-39(29-47(63)51(44)56(75)81-61)85(77,79-26-14-12-22-68-57(76)62(64,65)66)78-25-13-10-11-19-48(72)69-34-38(27-37(69)3)80-49(73)20-21-50(74)82-84(67)83/h28-33,37-38H,10-27,34,83H2,1-9H3,(H,68,76)/t37-,38-,84?,85?/m1/s1/i3D. The van der Waals surface area contributed by atoms with Crippen LogP contribution in [0.2, 0.25) is 5.02 Å². The second kappa shape index (κ2) is 23.6. The highest BCUT2D eigenvalue weighted by atomic mass is 35.5. The molecule has 0 aromatic heterocycles. The number of rotatable bonds is 19. The van der Waals surface area contributed by atoms with Crippen molar-refractivity contribution in [3.05, 3.63) is 97.1 Å². The number of nitrogens with one attached hydrogen (secondary N) is 1. The van der Waals surface area contributed by atoms with E-state index in [1.807, 2.05) is 5.32 Å². The van der Waals surface area contributed by atoms with Gasteiger partial charge in [0.2, 0.25) is 5.91 Å². The van der Waals surface area contributed by atoms with Gasteiger partial charge in [0.05, 0.1) is 59.6 Å². The van der Waals surface area contributed by atoms with Gasteiger partial charge in [0.1, 0.15) is 6.10 Å². The number of carbonyl (C=O) groups excluding carboxylic acids is 5. The van der Waals surface area contributed by atoms with Crippen LogP contribution in [-0.4, -0.2) is 103 Å². The van der Waals surface area contributed by atoms with Crippen molar-refractivity contribution >= 4 is 93.8 Å². The second-order valence-corrected chi connectivity index (χ2v) is 29.5. The van der Waals surface area contributed by atoms with E-state index in [2.05, 4.69) is 94.0 Å². The van der Waals surface area contributed by atoms with Crippen LogP contribution in [0.3, 0.4) is 0 Å². The van der Waals surface area contributed by atoms with Crippen LogP contribution >= 0.6 is 36.3 Å². The molecule has 460 valence electrons. The third kappa shape index (κ3) is 11.6. The number of halogens is 5. The Balaban J connectivity index is 0.992. The minimum absolute atomic E-state index is 0.0268. The summed E-state index contributed by atoms with van der Waals surface area (Å²) in [6.07, 6.45) is 2.95. The van der Waals surface area contributed by atoms with Crippen molar-refractivity contribution in [1.29, 1.82) is 0 Å². The highest BCUT2D eigenvalue weighted by molar-refractivity contribution is 8.08. The van der Waals surface area contributed by atoms with Gasteiger partial charge in [0.15, 0.2) is 5.60 Å². The molecule has 6 aliphatic heterocycles. The highest BCUT2D eigenvalue weighted by Gasteiger charge is 2.60. The largest absolute Gasteiger partial charge is 0.471 e. The van der Waals surface area contributed by atoms with E-state index in [0.29, 0.717) is 24.8 Å². The summed E-state index contributed by atoms with van der Waals surface area (Å²) in [5, 5.41) is 1.84. The number of alkyl halides is 3. The molecule has 1 saturated heterocycles. The number of ether oxygens (including phenoxy) is 2. The summed E-state index contributed by atoms with van der Waals surface area (Å²) >= 11 is 7.35. The summed E-state index contributed by atoms with van der Waals surface area (Å²) < 4.78 is 106. The zero-order valence-electron chi connectivity index (χ0n) is 50.5. The first-order valence-corrected chi connectivity index (χ1v) is 34.0. The zero-order chi connectivity index (χ0) is 62.2. The Morgan fingerprint density at radius 1 is 0.824 bits per heavy atom. The molecule has 5 atom stereocenters. The Morgan fingerprint density at radius 2 is 1.39 bits per heavy atom. The monoisotopic (exact) mass is 1260 g/mol. The molecule has 0 bridgehead atoms. The smallest absolute Gasteiger partial charge is 0.460 e. The first-order chi connectivity index (χ1) is 40.4. The number of carbonyl (C=O) groups is 5. The average Bonchev–Trinajstić information content (AvgIpc) is 1.16. The molecule has 10 rings (SSSR count). The molecular weight excluding hydrogens is 1180 g/mol. The van der Waals surface area contributed by atoms with Crippen LogP contribution in [0.15, 0.2) is 36.4 Å². The maximum atomic E-state index is 15.8. The van der Waals surface area contributed by atoms with Crippen molar-refractivity contribution in [3.8, 4) is 0 Å². The molecule has 7 aliphatic rings. The number of benzene rings is 3. The maximum Gasteiger partial charge on any atom is 0.471 e. The Bertz CT molecular complexity index is 3300. The number of hydrogen-bond acceptors (Lipinski definition) is 13. The molecule has 1 aliphatic carbocycles. The van der Waals surface area contributed by atoms with Crippen molar-refractivity contribution in [2.45, 2.75) is 186 Å². The number of nitrogens with zero attached hydrogens (tertiary/aromatic N) is 3. The Kier molecular flexibility index (Phi) is 17.1. The van der Waals surface area contributed by atoms with Crippen LogP contribution in [-0.2, 0) is 70.6 Å². The van der Waals surface area contributed by atoms with E-state index < -0.39 is 68.9 Å². The number of fused-ring (bicyclic) bond motifs is 8. The highest BCUT2D eigenvalue weighted by Crippen LogP contribution is 2.64. The van der Waals surface area contributed by atoms with Crippen molar-refractivity contribution in [3.63, 3.8) is 0 Å². The van der Waals surface area contributed by atoms with Gasteiger partial charge in [0.25, 0.3) is 8.15 Å². The molecule has 23 heteroatoms. The predicted molar refractivity (Wildman–Crippen MR) is 323 cm³/mol. The van der Waals surface area contributed by atoms with Crippen molar-refractivity contribution in [2.75, 3.05) is 49.2 Å². The lowest BCUT2D eigenvalue weighted by atomic mass is 9.57. The van der Waals surface area contributed by atoms with E-state index in [-0.39, 0.29) is 105 Å². The lowest BCUT2D eigenvalue weighted by Gasteiger charge is -2.54. The van der Waals surface area contributed by atoms with Gasteiger partial charge in [-0.1, -0.05) is 44.0 Å². The molecule has 1 spiro atoms. The third-order valence-electron chi connectivity index (χ3n) is 18.0. The summed E-state index contributed by atoms with van der Waals surface area (Å²) in [6, 6.07) is 6.95. The van der Waals surface area contributed by atoms with Crippen LogP contribution < -0.4 is 20.4 Å². The number of likely N-dealkylation sites (tertiary alicyclic amines) is 1. The Hall–Kier alpha value is -4.89. The summed E-state index contributed by atoms with van der Waals surface area (Å²) in [5.41, 5.74) is 10.3. The van der Waals surface area contributed by atoms with E-state index in [4.69, 9.17) is 31.5 Å². The number of amides is 2. The molecule has 6 heterocycles. The number of unbranched alkanes of at least 4 members (excludes halogenated alkanes) is 3. The minimum atomic E-state index is -5.07. The number of hydrogen-bond donors (Lipinski definition) is 1. The van der Waals surface area contributed by atoms with Gasteiger partial charge in [0, 0.05) is 84.5 Å². The van der Waals surface area contributed by atoms with Crippen LogP contribution in [0.5, 0.6) is 0 Å². The van der Waals surface area contributed by atoms with Crippen molar-refractivity contribution in [1.82, 2.24) is 10.2 Å². The molecule has 85 heavy (non-hydrogen) atoms. The van der Waals surface area contributed by atoms with Gasteiger partial charge in [-0.2, -0.15) is 17.4 Å². The molecule has 3 aromatic rings. The third-order valence-corrected chi connectivity index (χ3v) is 20.9. The Labute approximate surface area is 504 Å². The lowest BCUT2D eigenvalue weighted by molar-refractivity contribution is -0.173. The topological polar surface area (TPSA) is 170 Å². The summed E-state index contributed by atoms with van der Waals surface area (Å²) in [4.78, 5) is 71.1. The fraction of sp³-hybridized carbons (Fsp3) is 0.565. The van der Waals surface area contributed by atoms with Crippen LogP contribution in [0.1, 0.15) is 195 Å². The van der Waals surface area contributed by atoms with Gasteiger partial charge in [-0.05, 0) is 166 Å². The summed E-state index contributed by atoms with van der Waals surface area (Å²) in [7, 11) is -5.25. The van der Waals surface area contributed by atoms with E-state index >= 15 is 9.36 Å². The molecule has 15 nitrogen and oxygen atoms in total. The lowest BCUT2D eigenvalue weighted by Crippen LogP contribution is -2.51. The van der Waals surface area contributed by atoms with E-state index in [1.165, 1.54) is 33.5 Å².